The smallest absolute Gasteiger partial charge is 0.264 e. The molecule has 1 amide bonds. The van der Waals surface area contributed by atoms with Crippen LogP contribution in [-0.4, -0.2) is 10.9 Å². The quantitative estimate of drug-likeness (QED) is 0.439. The van der Waals surface area contributed by atoms with E-state index in [1.165, 1.54) is 41.2 Å². The molecule has 1 aromatic heterocycles. The molecule has 0 aliphatic heterocycles. The van der Waals surface area contributed by atoms with Gasteiger partial charge in [-0.25, -0.2) is 9.37 Å². The summed E-state index contributed by atoms with van der Waals surface area (Å²) in [6.45, 7) is 2.09. The number of anilines is 2. The van der Waals surface area contributed by atoms with Gasteiger partial charge < -0.3 is 0 Å². The number of hydrogen-bond donors (Lipinski definition) is 0. The minimum Gasteiger partial charge on any atom is -0.268 e. The molecule has 0 bridgehead atoms. The molecule has 0 aliphatic carbocycles. The molecule has 0 atom stereocenters. The van der Waals surface area contributed by atoms with Crippen LogP contribution in [0.25, 0.3) is 10.2 Å². The van der Waals surface area contributed by atoms with Crippen molar-refractivity contribution in [2.24, 2.45) is 0 Å². The number of fused-ring (bicyclic) bond motifs is 1. The number of amides is 1. The van der Waals surface area contributed by atoms with Crippen molar-refractivity contribution in [1.82, 2.24) is 4.98 Å². The first-order valence-electron chi connectivity index (χ1n) is 8.70. The number of rotatable bonds is 4. The largest absolute Gasteiger partial charge is 0.268 e. The molecule has 1 heterocycles. The van der Waals surface area contributed by atoms with Gasteiger partial charge in [0.1, 0.15) is 5.82 Å². The molecule has 0 spiro atoms. The summed E-state index contributed by atoms with van der Waals surface area (Å²) >= 11 is 1.46. The monoisotopic (exact) mass is 376 g/mol. The van der Waals surface area contributed by atoms with E-state index in [9.17, 15) is 9.18 Å². The van der Waals surface area contributed by atoms with Gasteiger partial charge in [-0.3, -0.25) is 9.69 Å². The molecule has 134 valence electrons. The molecule has 27 heavy (non-hydrogen) atoms. The van der Waals surface area contributed by atoms with Gasteiger partial charge in [0.15, 0.2) is 5.13 Å². The fourth-order valence-corrected chi connectivity index (χ4v) is 3.86. The molecular formula is C22H17FN2OS. The normalized spacial score (nSPS) is 10.9. The van der Waals surface area contributed by atoms with E-state index in [1.807, 2.05) is 48.5 Å². The maximum atomic E-state index is 13.3. The van der Waals surface area contributed by atoms with Crippen LogP contribution in [0.1, 0.15) is 22.8 Å². The van der Waals surface area contributed by atoms with Gasteiger partial charge in [0.05, 0.1) is 15.9 Å². The SMILES string of the molecule is CCc1ccc(N(C(=O)c2ccc(F)cc2)c2nc3ccccc3s2)cc1. The summed E-state index contributed by atoms with van der Waals surface area (Å²) in [6.07, 6.45) is 0.924. The molecule has 0 radical (unpaired) electrons. The van der Waals surface area contributed by atoms with Crippen molar-refractivity contribution < 1.29 is 9.18 Å². The number of aryl methyl sites for hydroxylation is 1. The Morgan fingerprint density at radius 3 is 2.37 bits per heavy atom. The number of carbonyl (C=O) groups is 1. The van der Waals surface area contributed by atoms with Crippen molar-refractivity contribution in [3.05, 3.63) is 89.7 Å². The van der Waals surface area contributed by atoms with Crippen molar-refractivity contribution in [2.45, 2.75) is 13.3 Å². The molecule has 0 N–H and O–H groups in total. The summed E-state index contributed by atoms with van der Waals surface area (Å²) in [5.74, 6) is -0.608. The Balaban J connectivity index is 1.82. The number of thiazole rings is 1. The zero-order valence-corrected chi connectivity index (χ0v) is 15.5. The lowest BCUT2D eigenvalue weighted by atomic mass is 10.1. The third-order valence-corrected chi connectivity index (χ3v) is 5.39. The first-order chi connectivity index (χ1) is 13.2. The first-order valence-corrected chi connectivity index (χ1v) is 9.52. The fourth-order valence-electron chi connectivity index (χ4n) is 2.87. The third-order valence-electron chi connectivity index (χ3n) is 4.37. The summed E-state index contributed by atoms with van der Waals surface area (Å²) in [5.41, 5.74) is 3.19. The van der Waals surface area contributed by atoms with Crippen molar-refractivity contribution in [3.8, 4) is 0 Å². The summed E-state index contributed by atoms with van der Waals surface area (Å²) in [4.78, 5) is 19.5. The lowest BCUT2D eigenvalue weighted by Gasteiger charge is -2.20. The number of hydrogen-bond acceptors (Lipinski definition) is 3. The molecule has 0 fully saturated rings. The van der Waals surface area contributed by atoms with Gasteiger partial charge in [-0.1, -0.05) is 42.5 Å². The van der Waals surface area contributed by atoms with Crippen molar-refractivity contribution in [1.29, 1.82) is 0 Å². The molecule has 0 saturated carbocycles. The summed E-state index contributed by atoms with van der Waals surface area (Å²) in [5, 5.41) is 0.592. The van der Waals surface area contributed by atoms with Gasteiger partial charge in [-0.2, -0.15) is 0 Å². The standard InChI is InChI=1S/C22H17FN2OS/c1-2-15-7-13-18(14-8-15)25(21(26)16-9-11-17(23)12-10-16)22-24-19-5-3-4-6-20(19)27-22/h3-14H,2H2,1H3. The van der Waals surface area contributed by atoms with Crippen molar-refractivity contribution >= 4 is 38.3 Å². The molecule has 5 heteroatoms. The Bertz CT molecular complexity index is 1050. The zero-order chi connectivity index (χ0) is 18.8. The average Bonchev–Trinajstić information content (AvgIpc) is 3.12. The third kappa shape index (κ3) is 3.46. The van der Waals surface area contributed by atoms with Crippen LogP contribution in [0, 0.1) is 5.82 Å². The van der Waals surface area contributed by atoms with Crippen LogP contribution in [0.3, 0.4) is 0 Å². The number of carbonyl (C=O) groups excluding carboxylic acids is 1. The van der Waals surface area contributed by atoms with Gasteiger partial charge in [0.25, 0.3) is 5.91 Å². The Labute approximate surface area is 160 Å². The molecule has 4 aromatic rings. The van der Waals surface area contributed by atoms with Crippen LogP contribution in [0.2, 0.25) is 0 Å². The van der Waals surface area contributed by atoms with Crippen LogP contribution in [0.15, 0.2) is 72.8 Å². The van der Waals surface area contributed by atoms with E-state index in [4.69, 9.17) is 0 Å². The number of benzene rings is 3. The van der Waals surface area contributed by atoms with E-state index >= 15 is 0 Å². The van der Waals surface area contributed by atoms with E-state index < -0.39 is 0 Å². The van der Waals surface area contributed by atoms with E-state index in [1.54, 1.807) is 4.90 Å². The van der Waals surface area contributed by atoms with Gasteiger partial charge in [0, 0.05) is 5.56 Å². The summed E-state index contributed by atoms with van der Waals surface area (Å²) in [7, 11) is 0. The Morgan fingerprint density at radius 2 is 1.70 bits per heavy atom. The zero-order valence-electron chi connectivity index (χ0n) is 14.7. The maximum Gasteiger partial charge on any atom is 0.264 e. The van der Waals surface area contributed by atoms with Crippen LogP contribution in [-0.2, 0) is 6.42 Å². The van der Waals surface area contributed by atoms with Crippen LogP contribution < -0.4 is 4.90 Å². The Hall–Kier alpha value is -3.05. The lowest BCUT2D eigenvalue weighted by Crippen LogP contribution is -2.25. The predicted octanol–water partition coefficient (Wildman–Crippen LogP) is 5.98. The van der Waals surface area contributed by atoms with Gasteiger partial charge in [-0.15, -0.1) is 0 Å². The average molecular weight is 376 g/mol. The highest BCUT2D eigenvalue weighted by Gasteiger charge is 2.23. The summed E-state index contributed by atoms with van der Waals surface area (Å²) < 4.78 is 14.3. The molecule has 0 aliphatic rings. The van der Waals surface area contributed by atoms with Gasteiger partial charge >= 0.3 is 0 Å². The van der Waals surface area contributed by atoms with Crippen LogP contribution in [0.5, 0.6) is 0 Å². The first kappa shape index (κ1) is 17.4. The summed E-state index contributed by atoms with van der Waals surface area (Å²) in [6, 6.07) is 21.2. The van der Waals surface area contributed by atoms with E-state index in [0.717, 1.165) is 22.3 Å². The highest BCUT2D eigenvalue weighted by Crippen LogP contribution is 2.34. The van der Waals surface area contributed by atoms with E-state index in [0.29, 0.717) is 10.7 Å². The highest BCUT2D eigenvalue weighted by molar-refractivity contribution is 7.22. The molecular weight excluding hydrogens is 359 g/mol. The molecule has 3 nitrogen and oxygen atoms in total. The predicted molar refractivity (Wildman–Crippen MR) is 108 cm³/mol. The Morgan fingerprint density at radius 1 is 1.00 bits per heavy atom. The molecule has 0 saturated heterocycles. The van der Waals surface area contributed by atoms with Crippen molar-refractivity contribution in [2.75, 3.05) is 4.90 Å². The van der Waals surface area contributed by atoms with Crippen LogP contribution in [0.4, 0.5) is 15.2 Å². The van der Waals surface area contributed by atoms with Crippen molar-refractivity contribution in [3.63, 3.8) is 0 Å². The minimum absolute atomic E-state index is 0.238. The lowest BCUT2D eigenvalue weighted by molar-refractivity contribution is 0.0999. The second-order valence-corrected chi connectivity index (χ2v) is 7.14. The second-order valence-electron chi connectivity index (χ2n) is 6.13. The van der Waals surface area contributed by atoms with Gasteiger partial charge in [-0.05, 0) is 60.5 Å². The number of halogens is 1. The van der Waals surface area contributed by atoms with Crippen LogP contribution >= 0.6 is 11.3 Å². The number of aromatic nitrogens is 1. The molecule has 0 unspecified atom stereocenters. The second kappa shape index (κ2) is 7.29. The number of para-hydroxylation sites is 1. The highest BCUT2D eigenvalue weighted by atomic mass is 32.1. The molecule has 4 rings (SSSR count). The maximum absolute atomic E-state index is 13.3. The van der Waals surface area contributed by atoms with Gasteiger partial charge in [0.2, 0.25) is 0 Å². The van der Waals surface area contributed by atoms with E-state index in [-0.39, 0.29) is 11.7 Å². The fraction of sp³-hybridized carbons (Fsp3) is 0.0909. The minimum atomic E-state index is -0.370. The molecule has 3 aromatic carbocycles. The number of nitrogens with zero attached hydrogens (tertiary/aromatic N) is 2. The topological polar surface area (TPSA) is 33.2 Å². The van der Waals surface area contributed by atoms with E-state index in [2.05, 4.69) is 11.9 Å². The Kier molecular flexibility index (Phi) is 4.69.